The lowest BCUT2D eigenvalue weighted by Gasteiger charge is -2.10. The number of pyridine rings is 1. The minimum Gasteiger partial charge on any atom is -0.361 e. The van der Waals surface area contributed by atoms with Gasteiger partial charge in [0.2, 0.25) is 0 Å². The van der Waals surface area contributed by atoms with Crippen molar-refractivity contribution in [2.24, 2.45) is 0 Å². The maximum absolute atomic E-state index is 13.3. The van der Waals surface area contributed by atoms with Gasteiger partial charge in [0.25, 0.3) is 5.91 Å². The number of hydrogen-bond donors (Lipinski definition) is 2. The van der Waals surface area contributed by atoms with Crippen LogP contribution in [0.2, 0.25) is 5.02 Å². The van der Waals surface area contributed by atoms with Gasteiger partial charge in [-0.3, -0.25) is 9.78 Å². The maximum atomic E-state index is 13.3. The number of halogens is 2. The van der Waals surface area contributed by atoms with Crippen LogP contribution >= 0.6 is 11.6 Å². The van der Waals surface area contributed by atoms with Crippen molar-refractivity contribution in [1.29, 1.82) is 0 Å². The van der Waals surface area contributed by atoms with Crippen LogP contribution in [-0.4, -0.2) is 25.1 Å². The number of carbonyl (C=O) groups excluding carboxylic acids is 1. The number of nitrogens with zero attached hydrogens (tertiary/aromatic N) is 1. The summed E-state index contributed by atoms with van der Waals surface area (Å²) in [5.74, 6) is -1.41. The Bertz CT molecular complexity index is 1260. The molecule has 2 N–H and O–H groups in total. The van der Waals surface area contributed by atoms with Crippen molar-refractivity contribution in [3.8, 4) is 0 Å². The van der Waals surface area contributed by atoms with Crippen LogP contribution in [0.3, 0.4) is 0 Å². The third kappa shape index (κ3) is 6.15. The highest BCUT2D eigenvalue weighted by molar-refractivity contribution is 7.91. The fraction of sp³-hybridized carbons (Fsp3) is 0.130. The summed E-state index contributed by atoms with van der Waals surface area (Å²) < 4.78 is 39.0. The molecule has 3 aromatic rings. The second-order valence-electron chi connectivity index (χ2n) is 7.01. The highest BCUT2D eigenvalue weighted by atomic mass is 35.5. The Balaban J connectivity index is 1.68. The third-order valence-corrected chi connectivity index (χ3v) is 6.41. The standard InChI is InChI=1S/C23H21ClFN3O3S/c1-16-11-18(15-26-13-16)27-9-4-10-32(30,31)22-6-3-2-5-19(22)23(29)28-14-17-7-8-21(25)20(24)12-17/h2-9,11-13,15,27H,10,14H2,1H3,(H,28,29). The summed E-state index contributed by atoms with van der Waals surface area (Å²) in [4.78, 5) is 16.6. The number of rotatable bonds is 8. The molecule has 166 valence electrons. The molecule has 32 heavy (non-hydrogen) atoms. The van der Waals surface area contributed by atoms with E-state index in [1.807, 2.05) is 13.0 Å². The predicted octanol–water partition coefficient (Wildman–Crippen LogP) is 4.51. The zero-order chi connectivity index (χ0) is 23.1. The Morgan fingerprint density at radius 1 is 1.16 bits per heavy atom. The minimum absolute atomic E-state index is 0.0324. The van der Waals surface area contributed by atoms with Gasteiger partial charge in [0.1, 0.15) is 5.82 Å². The normalized spacial score (nSPS) is 11.5. The van der Waals surface area contributed by atoms with Crippen LogP contribution in [0.5, 0.6) is 0 Å². The molecule has 0 aliphatic carbocycles. The number of sulfone groups is 1. The van der Waals surface area contributed by atoms with E-state index in [0.29, 0.717) is 5.56 Å². The van der Waals surface area contributed by atoms with Crippen LogP contribution in [0, 0.1) is 12.7 Å². The van der Waals surface area contributed by atoms with E-state index in [2.05, 4.69) is 15.6 Å². The molecule has 0 spiro atoms. The van der Waals surface area contributed by atoms with Gasteiger partial charge in [-0.05, 0) is 54.6 Å². The van der Waals surface area contributed by atoms with E-state index in [-0.39, 0.29) is 27.8 Å². The molecule has 0 saturated heterocycles. The molecule has 0 unspecified atom stereocenters. The number of carbonyl (C=O) groups is 1. The van der Waals surface area contributed by atoms with Crippen LogP contribution < -0.4 is 10.6 Å². The molecule has 0 radical (unpaired) electrons. The Hall–Kier alpha value is -3.23. The topological polar surface area (TPSA) is 88.2 Å². The number of amides is 1. The average Bonchev–Trinajstić information content (AvgIpc) is 2.77. The van der Waals surface area contributed by atoms with Gasteiger partial charge < -0.3 is 10.6 Å². The summed E-state index contributed by atoms with van der Waals surface area (Å²) in [5.41, 5.74) is 2.33. The second-order valence-corrected chi connectivity index (χ2v) is 9.42. The van der Waals surface area contributed by atoms with E-state index in [1.54, 1.807) is 24.5 Å². The van der Waals surface area contributed by atoms with Crippen LogP contribution in [0.15, 0.2) is 78.1 Å². The molecule has 6 nitrogen and oxygen atoms in total. The van der Waals surface area contributed by atoms with E-state index >= 15 is 0 Å². The third-order valence-electron chi connectivity index (χ3n) is 4.46. The van der Waals surface area contributed by atoms with Gasteiger partial charge in [0.15, 0.2) is 9.84 Å². The molecular weight excluding hydrogens is 453 g/mol. The van der Waals surface area contributed by atoms with E-state index in [4.69, 9.17) is 11.6 Å². The van der Waals surface area contributed by atoms with Crippen molar-refractivity contribution in [2.45, 2.75) is 18.4 Å². The average molecular weight is 474 g/mol. The Morgan fingerprint density at radius 2 is 1.94 bits per heavy atom. The molecule has 9 heteroatoms. The van der Waals surface area contributed by atoms with Gasteiger partial charge in [0, 0.05) is 12.7 Å². The molecular formula is C23H21ClFN3O3S. The van der Waals surface area contributed by atoms with E-state index in [0.717, 1.165) is 11.3 Å². The minimum atomic E-state index is -3.77. The number of hydrogen-bond acceptors (Lipinski definition) is 5. The van der Waals surface area contributed by atoms with Crippen molar-refractivity contribution in [3.63, 3.8) is 0 Å². The van der Waals surface area contributed by atoms with Crippen molar-refractivity contribution < 1.29 is 17.6 Å². The molecule has 0 atom stereocenters. The Morgan fingerprint density at radius 3 is 2.69 bits per heavy atom. The van der Waals surface area contributed by atoms with Crippen molar-refractivity contribution in [3.05, 3.63) is 101 Å². The lowest BCUT2D eigenvalue weighted by molar-refractivity contribution is 0.0947. The predicted molar refractivity (Wildman–Crippen MR) is 123 cm³/mol. The van der Waals surface area contributed by atoms with Crippen molar-refractivity contribution >= 4 is 33.0 Å². The smallest absolute Gasteiger partial charge is 0.252 e. The largest absolute Gasteiger partial charge is 0.361 e. The number of benzene rings is 2. The quantitative estimate of drug-likeness (QED) is 0.502. The molecule has 2 aromatic carbocycles. The van der Waals surface area contributed by atoms with Crippen LogP contribution in [0.4, 0.5) is 10.1 Å². The summed E-state index contributed by atoms with van der Waals surface area (Å²) >= 11 is 5.76. The zero-order valence-corrected chi connectivity index (χ0v) is 18.8. The maximum Gasteiger partial charge on any atom is 0.252 e. The molecule has 1 heterocycles. The fourth-order valence-corrected chi connectivity index (χ4v) is 4.42. The summed E-state index contributed by atoms with van der Waals surface area (Å²) in [6.07, 6.45) is 6.33. The Labute approximate surface area is 191 Å². The lowest BCUT2D eigenvalue weighted by atomic mass is 10.2. The number of aromatic nitrogens is 1. The van der Waals surface area contributed by atoms with Crippen LogP contribution in [-0.2, 0) is 16.4 Å². The first-order valence-corrected chi connectivity index (χ1v) is 11.7. The van der Waals surface area contributed by atoms with E-state index in [9.17, 15) is 17.6 Å². The highest BCUT2D eigenvalue weighted by Crippen LogP contribution is 2.19. The number of aryl methyl sites for hydroxylation is 1. The van der Waals surface area contributed by atoms with Gasteiger partial charge in [-0.2, -0.15) is 0 Å². The first-order valence-electron chi connectivity index (χ1n) is 9.63. The van der Waals surface area contributed by atoms with E-state index in [1.165, 1.54) is 42.6 Å². The molecule has 0 saturated carbocycles. The van der Waals surface area contributed by atoms with Gasteiger partial charge in [-0.25, -0.2) is 12.8 Å². The van der Waals surface area contributed by atoms with Crippen molar-refractivity contribution in [2.75, 3.05) is 11.1 Å². The van der Waals surface area contributed by atoms with Crippen LogP contribution in [0.25, 0.3) is 0 Å². The molecule has 0 aliphatic rings. The summed E-state index contributed by atoms with van der Waals surface area (Å²) in [6, 6.07) is 12.0. The summed E-state index contributed by atoms with van der Waals surface area (Å²) in [5, 5.41) is 5.56. The van der Waals surface area contributed by atoms with Gasteiger partial charge in [-0.15, -0.1) is 0 Å². The Kier molecular flexibility index (Phi) is 7.61. The monoisotopic (exact) mass is 473 g/mol. The molecule has 0 fully saturated rings. The first kappa shape index (κ1) is 23.4. The van der Waals surface area contributed by atoms with Crippen LogP contribution in [0.1, 0.15) is 21.5 Å². The fourth-order valence-electron chi connectivity index (χ4n) is 2.91. The molecule has 3 rings (SSSR count). The number of anilines is 1. The van der Waals surface area contributed by atoms with Crippen molar-refractivity contribution in [1.82, 2.24) is 10.3 Å². The molecule has 1 amide bonds. The van der Waals surface area contributed by atoms with Gasteiger partial charge in [-0.1, -0.05) is 35.9 Å². The second kappa shape index (κ2) is 10.4. The van der Waals surface area contributed by atoms with E-state index < -0.39 is 21.6 Å². The van der Waals surface area contributed by atoms with Gasteiger partial charge >= 0.3 is 0 Å². The molecule has 0 bridgehead atoms. The highest BCUT2D eigenvalue weighted by Gasteiger charge is 2.21. The summed E-state index contributed by atoms with van der Waals surface area (Å²) in [6.45, 7) is 1.97. The SMILES string of the molecule is Cc1cncc(NC=CCS(=O)(=O)c2ccccc2C(=O)NCc2ccc(F)c(Cl)c2)c1. The lowest BCUT2D eigenvalue weighted by Crippen LogP contribution is -2.25. The molecule has 1 aromatic heterocycles. The summed E-state index contributed by atoms with van der Waals surface area (Å²) in [7, 11) is -3.77. The van der Waals surface area contributed by atoms with Gasteiger partial charge in [0.05, 0.1) is 33.1 Å². The zero-order valence-electron chi connectivity index (χ0n) is 17.2. The number of nitrogens with one attached hydrogen (secondary N) is 2. The first-order chi connectivity index (χ1) is 15.3. The molecule has 0 aliphatic heterocycles.